The van der Waals surface area contributed by atoms with Gasteiger partial charge in [0.2, 0.25) is 5.82 Å². The van der Waals surface area contributed by atoms with Crippen molar-refractivity contribution >= 4 is 5.69 Å². The van der Waals surface area contributed by atoms with E-state index in [1.807, 2.05) is 24.3 Å². The van der Waals surface area contributed by atoms with E-state index >= 15 is 0 Å². The summed E-state index contributed by atoms with van der Waals surface area (Å²) in [6.07, 6.45) is 0. The van der Waals surface area contributed by atoms with Crippen LogP contribution in [0.4, 0.5) is 10.1 Å². The fraction of sp³-hybridized carbons (Fsp3) is 0.200. The van der Waals surface area contributed by atoms with Crippen molar-refractivity contribution in [3.8, 4) is 5.75 Å². The van der Waals surface area contributed by atoms with Crippen molar-refractivity contribution in [1.82, 2.24) is 5.32 Å². The molecule has 2 aromatic rings. The Balaban J connectivity index is 1.97. The first-order chi connectivity index (χ1) is 10.1. The summed E-state index contributed by atoms with van der Waals surface area (Å²) in [5.41, 5.74) is 0.790. The van der Waals surface area contributed by atoms with Crippen molar-refractivity contribution in [2.24, 2.45) is 0 Å². The topological polar surface area (TPSA) is 64.4 Å². The smallest absolute Gasteiger partial charge is 0.305 e. The Kier molecular flexibility index (Phi) is 4.84. The number of hydrogen-bond acceptors (Lipinski definition) is 4. The first-order valence-electron chi connectivity index (χ1n) is 6.37. The van der Waals surface area contributed by atoms with Crippen LogP contribution in [0.15, 0.2) is 42.5 Å². The number of rotatable bonds is 6. The summed E-state index contributed by atoms with van der Waals surface area (Å²) in [7, 11) is 1.60. The number of methoxy groups -OCH3 is 1. The minimum atomic E-state index is -0.787. The van der Waals surface area contributed by atoms with Gasteiger partial charge in [0.1, 0.15) is 5.75 Å². The Morgan fingerprint density at radius 1 is 1.19 bits per heavy atom. The average Bonchev–Trinajstić information content (AvgIpc) is 2.49. The number of nitrogens with one attached hydrogen (secondary N) is 1. The van der Waals surface area contributed by atoms with Crippen LogP contribution in [0.3, 0.4) is 0 Å². The quantitative estimate of drug-likeness (QED) is 0.656. The van der Waals surface area contributed by atoms with Gasteiger partial charge in [-0.05, 0) is 17.7 Å². The molecule has 0 spiro atoms. The SMILES string of the molecule is COc1ccc(CNCc2cccc([N+](=O)[O-])c2F)cc1. The molecule has 0 unspecified atom stereocenters. The van der Waals surface area contributed by atoms with Gasteiger partial charge in [0.05, 0.1) is 12.0 Å². The number of nitrogens with zero attached hydrogens (tertiary/aromatic N) is 1. The highest BCUT2D eigenvalue weighted by Crippen LogP contribution is 2.20. The fourth-order valence-corrected chi connectivity index (χ4v) is 1.93. The van der Waals surface area contributed by atoms with Crippen molar-refractivity contribution in [2.45, 2.75) is 13.1 Å². The van der Waals surface area contributed by atoms with Gasteiger partial charge in [-0.3, -0.25) is 10.1 Å². The molecule has 0 aliphatic rings. The zero-order valence-corrected chi connectivity index (χ0v) is 11.5. The van der Waals surface area contributed by atoms with E-state index in [0.717, 1.165) is 17.4 Å². The zero-order chi connectivity index (χ0) is 15.2. The van der Waals surface area contributed by atoms with Gasteiger partial charge in [-0.25, -0.2) is 0 Å². The maximum atomic E-state index is 13.8. The molecule has 0 saturated heterocycles. The molecule has 0 aromatic heterocycles. The molecule has 21 heavy (non-hydrogen) atoms. The zero-order valence-electron chi connectivity index (χ0n) is 11.5. The Morgan fingerprint density at radius 3 is 2.52 bits per heavy atom. The maximum absolute atomic E-state index is 13.8. The summed E-state index contributed by atoms with van der Waals surface area (Å²) < 4.78 is 18.9. The number of nitro groups is 1. The number of benzene rings is 2. The molecule has 2 aromatic carbocycles. The van der Waals surface area contributed by atoms with Crippen LogP contribution in [0.1, 0.15) is 11.1 Å². The van der Waals surface area contributed by atoms with Gasteiger partial charge < -0.3 is 10.1 Å². The lowest BCUT2D eigenvalue weighted by molar-refractivity contribution is -0.387. The summed E-state index contributed by atoms with van der Waals surface area (Å²) >= 11 is 0. The van der Waals surface area contributed by atoms with Gasteiger partial charge in [-0.15, -0.1) is 0 Å². The van der Waals surface area contributed by atoms with E-state index in [1.54, 1.807) is 7.11 Å². The van der Waals surface area contributed by atoms with Crippen LogP contribution in [-0.4, -0.2) is 12.0 Å². The maximum Gasteiger partial charge on any atom is 0.305 e. The van der Waals surface area contributed by atoms with Crippen molar-refractivity contribution in [2.75, 3.05) is 7.11 Å². The molecule has 0 radical (unpaired) electrons. The monoisotopic (exact) mass is 290 g/mol. The lowest BCUT2D eigenvalue weighted by Crippen LogP contribution is -2.14. The molecule has 0 aliphatic heterocycles. The second-order valence-corrected chi connectivity index (χ2v) is 4.46. The van der Waals surface area contributed by atoms with Gasteiger partial charge in [-0.1, -0.05) is 24.3 Å². The standard InChI is InChI=1S/C15H15FN2O3/c1-21-13-7-5-11(6-8-13)9-17-10-12-3-2-4-14(15(12)16)18(19)20/h2-8,17H,9-10H2,1H3. The molecule has 0 bridgehead atoms. The third-order valence-corrected chi connectivity index (χ3v) is 3.06. The molecular weight excluding hydrogens is 275 g/mol. The summed E-state index contributed by atoms with van der Waals surface area (Å²) in [5, 5.41) is 13.7. The molecule has 2 rings (SSSR count). The average molecular weight is 290 g/mol. The van der Waals surface area contributed by atoms with E-state index in [-0.39, 0.29) is 12.1 Å². The van der Waals surface area contributed by atoms with E-state index in [0.29, 0.717) is 6.54 Å². The lowest BCUT2D eigenvalue weighted by atomic mass is 10.1. The molecule has 1 N–H and O–H groups in total. The van der Waals surface area contributed by atoms with Gasteiger partial charge in [0.25, 0.3) is 0 Å². The summed E-state index contributed by atoms with van der Waals surface area (Å²) in [6.45, 7) is 0.756. The molecule has 0 aliphatic carbocycles. The van der Waals surface area contributed by atoms with E-state index in [1.165, 1.54) is 12.1 Å². The molecule has 0 amide bonds. The highest BCUT2D eigenvalue weighted by atomic mass is 19.1. The van der Waals surface area contributed by atoms with Crippen molar-refractivity contribution < 1.29 is 14.1 Å². The van der Waals surface area contributed by atoms with Gasteiger partial charge >= 0.3 is 5.69 Å². The van der Waals surface area contributed by atoms with Gasteiger partial charge in [-0.2, -0.15) is 4.39 Å². The Labute approximate surface area is 121 Å². The molecule has 0 fully saturated rings. The highest BCUT2D eigenvalue weighted by molar-refractivity contribution is 5.36. The third-order valence-electron chi connectivity index (χ3n) is 3.06. The van der Waals surface area contributed by atoms with E-state index in [9.17, 15) is 14.5 Å². The van der Waals surface area contributed by atoms with Crippen LogP contribution >= 0.6 is 0 Å². The largest absolute Gasteiger partial charge is 0.497 e. The molecule has 0 atom stereocenters. The predicted molar refractivity (Wildman–Crippen MR) is 76.6 cm³/mol. The van der Waals surface area contributed by atoms with Crippen molar-refractivity contribution in [3.63, 3.8) is 0 Å². The molecule has 6 heteroatoms. The van der Waals surface area contributed by atoms with Crippen LogP contribution in [0.25, 0.3) is 0 Å². The second kappa shape index (κ2) is 6.81. The number of halogens is 1. The van der Waals surface area contributed by atoms with Crippen LogP contribution < -0.4 is 10.1 Å². The van der Waals surface area contributed by atoms with E-state index in [2.05, 4.69) is 5.32 Å². The minimum absolute atomic E-state index is 0.222. The molecule has 0 heterocycles. The van der Waals surface area contributed by atoms with Gasteiger partial charge in [0, 0.05) is 24.7 Å². The third kappa shape index (κ3) is 3.76. The Hall–Kier alpha value is -2.47. The molecule has 0 saturated carbocycles. The van der Waals surface area contributed by atoms with Crippen molar-refractivity contribution in [3.05, 3.63) is 69.5 Å². The normalized spacial score (nSPS) is 10.4. The molecule has 5 nitrogen and oxygen atoms in total. The fourth-order valence-electron chi connectivity index (χ4n) is 1.93. The van der Waals surface area contributed by atoms with Crippen LogP contribution in [-0.2, 0) is 13.1 Å². The molecule has 110 valence electrons. The first-order valence-corrected chi connectivity index (χ1v) is 6.37. The highest BCUT2D eigenvalue weighted by Gasteiger charge is 2.16. The summed E-state index contributed by atoms with van der Waals surface area (Å²) in [4.78, 5) is 9.94. The van der Waals surface area contributed by atoms with Crippen LogP contribution in [0.2, 0.25) is 0 Å². The van der Waals surface area contributed by atoms with Crippen molar-refractivity contribution in [1.29, 1.82) is 0 Å². The Morgan fingerprint density at radius 2 is 1.90 bits per heavy atom. The molecular formula is C15H15FN2O3. The summed E-state index contributed by atoms with van der Waals surface area (Å²) in [6, 6.07) is 11.6. The number of ether oxygens (including phenoxy) is 1. The second-order valence-electron chi connectivity index (χ2n) is 4.46. The Bertz CT molecular complexity index is 629. The number of nitro benzene ring substituents is 1. The first kappa shape index (κ1) is 14.9. The van der Waals surface area contributed by atoms with Crippen LogP contribution in [0, 0.1) is 15.9 Å². The number of hydrogen-bond donors (Lipinski definition) is 1. The minimum Gasteiger partial charge on any atom is -0.497 e. The summed E-state index contributed by atoms with van der Waals surface area (Å²) in [5.74, 6) is -0.0202. The van der Waals surface area contributed by atoms with E-state index in [4.69, 9.17) is 4.74 Å². The van der Waals surface area contributed by atoms with Gasteiger partial charge in [0.15, 0.2) is 0 Å². The van der Waals surface area contributed by atoms with E-state index < -0.39 is 16.4 Å². The predicted octanol–water partition coefficient (Wildman–Crippen LogP) is 3.03. The lowest BCUT2D eigenvalue weighted by Gasteiger charge is -2.07. The van der Waals surface area contributed by atoms with Crippen LogP contribution in [0.5, 0.6) is 5.75 Å².